The number of hydrogen-bond acceptors (Lipinski definition) is 4. The fraction of sp³-hybridized carbons (Fsp3) is 0.880. The highest BCUT2D eigenvalue weighted by Crippen LogP contribution is 2.68. The van der Waals surface area contributed by atoms with E-state index in [0.29, 0.717) is 17.6 Å². The second kappa shape index (κ2) is 8.09. The van der Waals surface area contributed by atoms with Gasteiger partial charge in [0.2, 0.25) is 0 Å². The Morgan fingerprint density at radius 2 is 1.83 bits per heavy atom. The van der Waals surface area contributed by atoms with Crippen molar-refractivity contribution in [2.45, 2.75) is 85.4 Å². The van der Waals surface area contributed by atoms with Gasteiger partial charge in [-0.25, -0.2) is 0 Å². The largest absolute Gasteiger partial charge is 0.381 e. The molecule has 166 valence electrons. The van der Waals surface area contributed by atoms with Crippen LogP contribution in [-0.4, -0.2) is 39.0 Å². The Bertz CT molecular complexity index is 645. The summed E-state index contributed by atoms with van der Waals surface area (Å²) < 4.78 is 17.8. The maximum atomic E-state index is 14.0. The van der Waals surface area contributed by atoms with Crippen LogP contribution < -0.4 is 0 Å². The molecule has 3 aliphatic rings. The number of hydrogen-bond donors (Lipinski definition) is 0. The van der Waals surface area contributed by atoms with Gasteiger partial charge in [0.15, 0.2) is 0 Å². The van der Waals surface area contributed by atoms with Gasteiger partial charge in [-0.1, -0.05) is 33.3 Å². The molecule has 3 rings (SSSR count). The third-order valence-corrected chi connectivity index (χ3v) is 9.22. The molecular weight excluding hydrogens is 364 g/mol. The second-order valence-corrected chi connectivity index (χ2v) is 10.9. The molecule has 3 aliphatic carbocycles. The molecule has 0 aromatic heterocycles. The molecule has 0 radical (unpaired) electrons. The number of carbonyl (C=O) groups is 1. The number of Topliss-reactive ketones (excluding diaryl/α,β-unsaturated/α-hetero) is 1. The number of ether oxygens (including phenoxy) is 3. The summed E-state index contributed by atoms with van der Waals surface area (Å²) in [5, 5.41) is 0. The average molecular weight is 407 g/mol. The van der Waals surface area contributed by atoms with Gasteiger partial charge in [0, 0.05) is 31.0 Å². The lowest BCUT2D eigenvalue weighted by Crippen LogP contribution is -2.63. The number of allylic oxidation sites excluding steroid dienone is 1. The summed E-state index contributed by atoms with van der Waals surface area (Å²) in [7, 11) is 3.52. The van der Waals surface area contributed by atoms with E-state index in [0.717, 1.165) is 44.1 Å². The van der Waals surface area contributed by atoms with Gasteiger partial charge in [0.25, 0.3) is 0 Å². The lowest BCUT2D eigenvalue weighted by Gasteiger charge is -2.62. The minimum Gasteiger partial charge on any atom is -0.381 e. The number of ketones is 1. The fourth-order valence-electron chi connectivity index (χ4n) is 7.71. The maximum Gasteiger partial charge on any atom is 0.146 e. The zero-order valence-electron chi connectivity index (χ0n) is 19.7. The molecule has 0 amide bonds. The first-order chi connectivity index (χ1) is 13.6. The van der Waals surface area contributed by atoms with Crippen molar-refractivity contribution < 1.29 is 19.0 Å². The average Bonchev–Trinajstić information content (AvgIpc) is 3.06. The topological polar surface area (TPSA) is 44.8 Å². The van der Waals surface area contributed by atoms with E-state index in [9.17, 15) is 4.79 Å². The maximum absolute atomic E-state index is 14.0. The van der Waals surface area contributed by atoms with E-state index in [1.54, 1.807) is 7.11 Å². The molecule has 0 saturated heterocycles. The van der Waals surface area contributed by atoms with Crippen LogP contribution in [0.25, 0.3) is 0 Å². The molecule has 3 saturated carbocycles. The quantitative estimate of drug-likeness (QED) is 0.437. The van der Waals surface area contributed by atoms with Gasteiger partial charge < -0.3 is 14.2 Å². The number of carbonyl (C=O) groups excluding carboxylic acids is 1. The molecule has 2 unspecified atom stereocenters. The lowest BCUT2D eigenvalue weighted by molar-refractivity contribution is -0.219. The Morgan fingerprint density at radius 3 is 2.41 bits per heavy atom. The molecule has 0 aliphatic heterocycles. The molecule has 0 N–H and O–H groups in total. The SMILES string of the molecule is C=C(C)C[C@]1(C)C[C@@H](OCOC)[C@@]2(C)C3[C@H](OC)CCC3(CC[C@H]2C)[C@@H](C)C1=O. The van der Waals surface area contributed by atoms with Gasteiger partial charge in [-0.05, 0) is 62.7 Å². The van der Waals surface area contributed by atoms with Crippen molar-refractivity contribution in [1.82, 2.24) is 0 Å². The van der Waals surface area contributed by atoms with E-state index in [1.165, 1.54) is 0 Å². The van der Waals surface area contributed by atoms with Gasteiger partial charge in [-0.3, -0.25) is 4.79 Å². The highest BCUT2D eigenvalue weighted by atomic mass is 16.7. The van der Waals surface area contributed by atoms with Crippen LogP contribution in [0.3, 0.4) is 0 Å². The summed E-state index contributed by atoms with van der Waals surface area (Å²) in [6.07, 6.45) is 5.96. The van der Waals surface area contributed by atoms with Crippen molar-refractivity contribution in [2.75, 3.05) is 21.0 Å². The van der Waals surface area contributed by atoms with Crippen LogP contribution in [0.1, 0.15) is 73.1 Å². The minimum absolute atomic E-state index is 0.00442. The molecule has 0 aromatic rings. The van der Waals surface area contributed by atoms with Crippen molar-refractivity contribution in [3.63, 3.8) is 0 Å². The highest BCUT2D eigenvalue weighted by Gasteiger charge is 2.68. The zero-order valence-corrected chi connectivity index (χ0v) is 19.7. The van der Waals surface area contributed by atoms with Gasteiger partial charge in [0.05, 0.1) is 12.2 Å². The molecule has 0 spiro atoms. The van der Waals surface area contributed by atoms with E-state index in [-0.39, 0.29) is 35.7 Å². The molecule has 4 nitrogen and oxygen atoms in total. The first-order valence-electron chi connectivity index (χ1n) is 11.4. The Kier molecular flexibility index (Phi) is 6.40. The smallest absolute Gasteiger partial charge is 0.146 e. The first kappa shape index (κ1) is 23.0. The monoisotopic (exact) mass is 406 g/mol. The van der Waals surface area contributed by atoms with E-state index in [1.807, 2.05) is 14.0 Å². The minimum atomic E-state index is -0.453. The van der Waals surface area contributed by atoms with Crippen molar-refractivity contribution in [3.8, 4) is 0 Å². The first-order valence-corrected chi connectivity index (χ1v) is 11.4. The number of methoxy groups -OCH3 is 2. The predicted molar refractivity (Wildman–Crippen MR) is 116 cm³/mol. The third kappa shape index (κ3) is 3.43. The summed E-state index contributed by atoms with van der Waals surface area (Å²) in [4.78, 5) is 14.0. The third-order valence-electron chi connectivity index (χ3n) is 9.22. The Hall–Kier alpha value is -0.710. The summed E-state index contributed by atoms with van der Waals surface area (Å²) in [5.74, 6) is 1.27. The molecular formula is C25H42O4. The Morgan fingerprint density at radius 1 is 1.17 bits per heavy atom. The van der Waals surface area contributed by atoms with Crippen molar-refractivity contribution in [2.24, 2.45) is 34.0 Å². The van der Waals surface area contributed by atoms with Gasteiger partial charge in [-0.15, -0.1) is 6.58 Å². The van der Waals surface area contributed by atoms with Crippen molar-refractivity contribution in [3.05, 3.63) is 12.2 Å². The van der Waals surface area contributed by atoms with Crippen LogP contribution in [0.5, 0.6) is 0 Å². The molecule has 29 heavy (non-hydrogen) atoms. The molecule has 8 atom stereocenters. The second-order valence-electron chi connectivity index (χ2n) is 10.9. The van der Waals surface area contributed by atoms with Crippen LogP contribution >= 0.6 is 0 Å². The van der Waals surface area contributed by atoms with E-state index in [2.05, 4.69) is 34.3 Å². The Balaban J connectivity index is 2.18. The molecule has 3 fully saturated rings. The zero-order chi connectivity index (χ0) is 21.6. The van der Waals surface area contributed by atoms with Gasteiger partial charge in [-0.2, -0.15) is 0 Å². The van der Waals surface area contributed by atoms with Crippen LogP contribution in [0.4, 0.5) is 0 Å². The summed E-state index contributed by atoms with van der Waals surface area (Å²) in [6.45, 7) is 15.6. The van der Waals surface area contributed by atoms with Crippen molar-refractivity contribution in [1.29, 1.82) is 0 Å². The Labute approximate surface area is 177 Å². The normalized spacial score (nSPS) is 47.4. The summed E-state index contributed by atoms with van der Waals surface area (Å²) in [6, 6.07) is 0. The van der Waals surface area contributed by atoms with Crippen LogP contribution in [0.15, 0.2) is 12.2 Å². The number of rotatable bonds is 6. The van der Waals surface area contributed by atoms with E-state index >= 15 is 0 Å². The van der Waals surface area contributed by atoms with E-state index < -0.39 is 5.41 Å². The highest BCUT2D eigenvalue weighted by molar-refractivity contribution is 5.88. The summed E-state index contributed by atoms with van der Waals surface area (Å²) in [5.41, 5.74) is 0.562. The van der Waals surface area contributed by atoms with Gasteiger partial charge >= 0.3 is 0 Å². The standard InChI is InChI=1S/C25H42O4/c1-16(2)13-23(5)14-20(29-15-27-7)24(6)17(3)9-11-25(18(4)22(23)26)12-10-19(28-8)21(24)25/h17-21H,1,9-15H2,2-8H3/t17-,18+,19-,20-,21?,23-,24+,25?/m1/s1. The molecule has 2 bridgehead atoms. The molecule has 0 heterocycles. The molecule has 4 heteroatoms. The van der Waals surface area contributed by atoms with E-state index in [4.69, 9.17) is 14.2 Å². The van der Waals surface area contributed by atoms with Crippen LogP contribution in [0, 0.1) is 34.0 Å². The van der Waals surface area contributed by atoms with Gasteiger partial charge in [0.1, 0.15) is 12.6 Å². The van der Waals surface area contributed by atoms with Crippen molar-refractivity contribution >= 4 is 5.78 Å². The fourth-order valence-corrected chi connectivity index (χ4v) is 7.71. The van der Waals surface area contributed by atoms with Crippen LogP contribution in [-0.2, 0) is 19.0 Å². The summed E-state index contributed by atoms with van der Waals surface area (Å²) >= 11 is 0. The predicted octanol–water partition coefficient (Wildman–Crippen LogP) is 5.40. The lowest BCUT2D eigenvalue weighted by atomic mass is 9.43. The van der Waals surface area contributed by atoms with Crippen LogP contribution in [0.2, 0.25) is 0 Å². The molecule has 0 aromatic carbocycles.